The Balaban J connectivity index is 1.34. The summed E-state index contributed by atoms with van der Waals surface area (Å²) in [6, 6.07) is 22.9. The van der Waals surface area contributed by atoms with Crippen molar-refractivity contribution in [3.8, 4) is 0 Å². The average Bonchev–Trinajstić information content (AvgIpc) is 3.35. The van der Waals surface area contributed by atoms with Crippen LogP contribution in [0.25, 0.3) is 21.1 Å². The lowest BCUT2D eigenvalue weighted by Crippen LogP contribution is -2.13. The third-order valence-electron chi connectivity index (χ3n) is 5.50. The number of carbonyl (C=O) groups excluding carboxylic acids is 1. The molecular formula is C26H23N3OS2. The van der Waals surface area contributed by atoms with Gasteiger partial charge in [-0.25, -0.2) is 4.98 Å². The Hall–Kier alpha value is -3.09. The summed E-state index contributed by atoms with van der Waals surface area (Å²) in [7, 11) is 0. The number of aryl methyl sites for hydroxylation is 2. The van der Waals surface area contributed by atoms with Crippen molar-refractivity contribution >= 4 is 55.3 Å². The molecular weight excluding hydrogens is 434 g/mol. The maximum absolute atomic E-state index is 12.6. The second-order valence-electron chi connectivity index (χ2n) is 7.89. The van der Waals surface area contributed by atoms with Crippen LogP contribution in [-0.4, -0.2) is 21.2 Å². The van der Waals surface area contributed by atoms with Gasteiger partial charge >= 0.3 is 0 Å². The molecule has 6 heteroatoms. The molecule has 0 spiro atoms. The maximum atomic E-state index is 12.6. The van der Waals surface area contributed by atoms with Gasteiger partial charge in [-0.1, -0.05) is 65.4 Å². The van der Waals surface area contributed by atoms with E-state index in [4.69, 9.17) is 0 Å². The van der Waals surface area contributed by atoms with Crippen LogP contribution in [0.4, 0.5) is 5.13 Å². The van der Waals surface area contributed by atoms with Crippen LogP contribution in [0.1, 0.15) is 16.7 Å². The zero-order chi connectivity index (χ0) is 22.1. The second kappa shape index (κ2) is 8.81. The van der Waals surface area contributed by atoms with E-state index in [1.165, 1.54) is 38.9 Å². The standard InChI is InChI=1S/C26H23N3OS2/c1-17-11-12-18(2)19(13-17)14-29-15-24(20-7-3-5-9-22(20)29)31-16-25(30)28-26-27-21-8-4-6-10-23(21)32-26/h3-13,15H,14,16H2,1-2H3,(H,27,28,30). The first-order chi connectivity index (χ1) is 15.6. The van der Waals surface area contributed by atoms with Crippen LogP contribution in [0.15, 0.2) is 77.8 Å². The van der Waals surface area contributed by atoms with Crippen molar-refractivity contribution < 1.29 is 4.79 Å². The highest BCUT2D eigenvalue weighted by atomic mass is 32.2. The molecule has 0 unspecified atom stereocenters. The maximum Gasteiger partial charge on any atom is 0.236 e. The fourth-order valence-corrected chi connectivity index (χ4v) is 5.61. The van der Waals surface area contributed by atoms with E-state index < -0.39 is 0 Å². The Labute approximate surface area is 195 Å². The molecule has 1 N–H and O–H groups in total. The number of hydrogen-bond donors (Lipinski definition) is 1. The normalized spacial score (nSPS) is 11.3. The molecule has 5 rings (SSSR count). The molecule has 0 atom stereocenters. The minimum absolute atomic E-state index is 0.0413. The molecule has 0 fully saturated rings. The zero-order valence-corrected chi connectivity index (χ0v) is 19.6. The van der Waals surface area contributed by atoms with Crippen molar-refractivity contribution in [1.29, 1.82) is 0 Å². The molecule has 3 aromatic carbocycles. The predicted octanol–water partition coefficient (Wildman–Crippen LogP) is 6.65. The highest BCUT2D eigenvalue weighted by Crippen LogP contribution is 2.31. The van der Waals surface area contributed by atoms with Gasteiger partial charge in [0.25, 0.3) is 0 Å². The Morgan fingerprint density at radius 3 is 2.75 bits per heavy atom. The highest BCUT2D eigenvalue weighted by Gasteiger charge is 2.13. The van der Waals surface area contributed by atoms with Gasteiger partial charge in [0.05, 0.1) is 16.0 Å². The summed E-state index contributed by atoms with van der Waals surface area (Å²) >= 11 is 3.07. The monoisotopic (exact) mass is 457 g/mol. The van der Waals surface area contributed by atoms with E-state index in [0.717, 1.165) is 21.7 Å². The summed E-state index contributed by atoms with van der Waals surface area (Å²) in [6.45, 7) is 5.09. The molecule has 0 aliphatic rings. The SMILES string of the molecule is Cc1ccc(C)c(Cn2cc(SCC(=O)Nc3nc4ccccc4s3)c3ccccc32)c1. The number of hydrogen-bond acceptors (Lipinski definition) is 4. The van der Waals surface area contributed by atoms with E-state index in [9.17, 15) is 4.79 Å². The van der Waals surface area contributed by atoms with Crippen molar-refractivity contribution in [3.05, 3.63) is 89.6 Å². The predicted molar refractivity (Wildman–Crippen MR) is 136 cm³/mol. The fraction of sp³-hybridized carbons (Fsp3) is 0.154. The van der Waals surface area contributed by atoms with Crippen molar-refractivity contribution in [2.75, 3.05) is 11.1 Å². The topological polar surface area (TPSA) is 46.9 Å². The number of thiazole rings is 1. The summed E-state index contributed by atoms with van der Waals surface area (Å²) in [5.74, 6) is 0.299. The molecule has 0 aliphatic heterocycles. The number of aromatic nitrogens is 2. The van der Waals surface area contributed by atoms with E-state index in [1.54, 1.807) is 11.8 Å². The van der Waals surface area contributed by atoms with Crippen LogP contribution in [0.5, 0.6) is 0 Å². The van der Waals surface area contributed by atoms with Gasteiger partial charge in [0.1, 0.15) is 0 Å². The second-order valence-corrected chi connectivity index (χ2v) is 9.94. The van der Waals surface area contributed by atoms with Crippen LogP contribution >= 0.6 is 23.1 Å². The third-order valence-corrected chi connectivity index (χ3v) is 7.49. The van der Waals surface area contributed by atoms with E-state index in [0.29, 0.717) is 10.9 Å². The van der Waals surface area contributed by atoms with Crippen LogP contribution < -0.4 is 5.32 Å². The van der Waals surface area contributed by atoms with Crippen LogP contribution in [0.2, 0.25) is 0 Å². The lowest BCUT2D eigenvalue weighted by Gasteiger charge is -2.09. The van der Waals surface area contributed by atoms with E-state index >= 15 is 0 Å². The summed E-state index contributed by atoms with van der Waals surface area (Å²) < 4.78 is 3.36. The van der Waals surface area contributed by atoms with E-state index in [1.807, 2.05) is 24.3 Å². The molecule has 5 aromatic rings. The molecule has 0 saturated heterocycles. The smallest absolute Gasteiger partial charge is 0.236 e. The minimum Gasteiger partial charge on any atom is -0.342 e. The molecule has 1 amide bonds. The van der Waals surface area contributed by atoms with Gasteiger partial charge in [-0.15, -0.1) is 11.8 Å². The molecule has 4 nitrogen and oxygen atoms in total. The van der Waals surface area contributed by atoms with Gasteiger partial charge in [0, 0.05) is 28.5 Å². The number of thioether (sulfide) groups is 1. The number of amides is 1. The van der Waals surface area contributed by atoms with Crippen molar-refractivity contribution in [3.63, 3.8) is 0 Å². The molecule has 0 saturated carbocycles. The Bertz CT molecular complexity index is 1400. The zero-order valence-electron chi connectivity index (χ0n) is 18.0. The van der Waals surface area contributed by atoms with Crippen molar-refractivity contribution in [2.45, 2.75) is 25.3 Å². The van der Waals surface area contributed by atoms with Crippen molar-refractivity contribution in [1.82, 2.24) is 9.55 Å². The lowest BCUT2D eigenvalue weighted by molar-refractivity contribution is -0.113. The van der Waals surface area contributed by atoms with Crippen LogP contribution in [-0.2, 0) is 11.3 Å². The average molecular weight is 458 g/mol. The Kier molecular flexibility index (Phi) is 5.72. The highest BCUT2D eigenvalue weighted by molar-refractivity contribution is 8.00. The first-order valence-corrected chi connectivity index (χ1v) is 12.3. The molecule has 0 radical (unpaired) electrons. The van der Waals surface area contributed by atoms with Gasteiger partial charge in [-0.05, 0) is 43.2 Å². The number of carbonyl (C=O) groups is 1. The quantitative estimate of drug-likeness (QED) is 0.291. The Morgan fingerprint density at radius 2 is 1.88 bits per heavy atom. The molecule has 32 heavy (non-hydrogen) atoms. The molecule has 2 heterocycles. The number of nitrogens with one attached hydrogen (secondary N) is 1. The molecule has 0 aliphatic carbocycles. The number of benzene rings is 3. The molecule has 2 aromatic heterocycles. The molecule has 160 valence electrons. The fourth-order valence-electron chi connectivity index (χ4n) is 3.84. The molecule has 0 bridgehead atoms. The Morgan fingerprint density at radius 1 is 1.06 bits per heavy atom. The summed E-state index contributed by atoms with van der Waals surface area (Å²) in [5.41, 5.74) is 5.97. The number of fused-ring (bicyclic) bond motifs is 2. The summed E-state index contributed by atoms with van der Waals surface area (Å²) in [5, 5.41) is 4.77. The first-order valence-electron chi connectivity index (χ1n) is 10.5. The minimum atomic E-state index is -0.0413. The van der Waals surface area contributed by atoms with Gasteiger partial charge < -0.3 is 9.88 Å². The number of para-hydroxylation sites is 2. The van der Waals surface area contributed by atoms with Crippen molar-refractivity contribution in [2.24, 2.45) is 0 Å². The summed E-state index contributed by atoms with van der Waals surface area (Å²) in [4.78, 5) is 18.2. The van der Waals surface area contributed by atoms with Crippen LogP contribution in [0, 0.1) is 13.8 Å². The lowest BCUT2D eigenvalue weighted by atomic mass is 10.1. The summed E-state index contributed by atoms with van der Waals surface area (Å²) in [6.07, 6.45) is 2.17. The van der Waals surface area contributed by atoms with Crippen LogP contribution in [0.3, 0.4) is 0 Å². The number of anilines is 1. The first kappa shape index (κ1) is 20.8. The van der Waals surface area contributed by atoms with E-state index in [2.05, 4.69) is 77.4 Å². The van der Waals surface area contributed by atoms with Gasteiger partial charge in [-0.3, -0.25) is 4.79 Å². The number of rotatable bonds is 6. The van der Waals surface area contributed by atoms with E-state index in [-0.39, 0.29) is 5.91 Å². The number of nitrogens with zero attached hydrogens (tertiary/aromatic N) is 2. The third kappa shape index (κ3) is 4.29. The van der Waals surface area contributed by atoms with Gasteiger partial charge in [0.15, 0.2) is 5.13 Å². The van der Waals surface area contributed by atoms with Gasteiger partial charge in [-0.2, -0.15) is 0 Å². The largest absolute Gasteiger partial charge is 0.342 e. The van der Waals surface area contributed by atoms with Gasteiger partial charge in [0.2, 0.25) is 5.91 Å².